The minimum absolute atomic E-state index is 0.00477. The quantitative estimate of drug-likeness (QED) is 0.838. The second-order valence-corrected chi connectivity index (χ2v) is 5.05. The molecule has 1 aromatic carbocycles. The predicted octanol–water partition coefficient (Wildman–Crippen LogP) is 1.22. The molecular weight excluding hydrogens is 250 g/mol. The Labute approximate surface area is 99.6 Å². The van der Waals surface area contributed by atoms with E-state index in [0.717, 1.165) is 5.41 Å². The van der Waals surface area contributed by atoms with Crippen LogP contribution in [0.4, 0.5) is 0 Å². The summed E-state index contributed by atoms with van der Waals surface area (Å²) in [6.45, 7) is -0.242. The molecule has 1 rings (SSSR count). The third-order valence-corrected chi connectivity index (χ3v) is 3.19. The monoisotopic (exact) mass is 261 g/mol. The van der Waals surface area contributed by atoms with Crippen LogP contribution < -0.4 is 4.72 Å². The Bertz CT molecular complexity index is 471. The Hall–Kier alpha value is -0.880. The number of rotatable bonds is 5. The van der Waals surface area contributed by atoms with Gasteiger partial charge in [0.15, 0.2) is 0 Å². The van der Waals surface area contributed by atoms with E-state index in [1.807, 2.05) is 0 Å². The van der Waals surface area contributed by atoms with Crippen molar-refractivity contribution in [2.24, 2.45) is 0 Å². The van der Waals surface area contributed by atoms with Crippen molar-refractivity contribution in [1.29, 1.82) is 0 Å². The molecule has 1 aromatic rings. The SMILES string of the molecule is O=S(=O)(/C=C/c1ccccc1Cl)NCCO. The summed E-state index contributed by atoms with van der Waals surface area (Å²) in [5.74, 6) is 0. The van der Waals surface area contributed by atoms with Crippen molar-refractivity contribution < 1.29 is 13.5 Å². The van der Waals surface area contributed by atoms with Crippen LogP contribution in [-0.4, -0.2) is 26.7 Å². The second kappa shape index (κ2) is 6.00. The van der Waals surface area contributed by atoms with Gasteiger partial charge >= 0.3 is 0 Å². The fourth-order valence-corrected chi connectivity index (χ4v) is 2.01. The zero-order chi connectivity index (χ0) is 12.0. The zero-order valence-corrected chi connectivity index (χ0v) is 10.0. The topological polar surface area (TPSA) is 66.4 Å². The number of hydrogen-bond donors (Lipinski definition) is 2. The lowest BCUT2D eigenvalue weighted by Gasteiger charge is -2.00. The van der Waals surface area contributed by atoms with E-state index in [1.165, 1.54) is 6.08 Å². The molecule has 0 atom stereocenters. The van der Waals surface area contributed by atoms with Gasteiger partial charge in [0, 0.05) is 17.0 Å². The molecule has 0 unspecified atom stereocenters. The van der Waals surface area contributed by atoms with Gasteiger partial charge in [-0.2, -0.15) is 0 Å². The molecule has 6 heteroatoms. The standard InChI is InChI=1S/C10H12ClNO3S/c11-10-4-2-1-3-9(10)5-8-16(14,15)12-6-7-13/h1-5,8,12-13H,6-7H2/b8-5+. The lowest BCUT2D eigenvalue weighted by Crippen LogP contribution is -2.24. The van der Waals surface area contributed by atoms with Crippen LogP contribution >= 0.6 is 11.6 Å². The maximum Gasteiger partial charge on any atom is 0.233 e. The summed E-state index contributed by atoms with van der Waals surface area (Å²) in [6, 6.07) is 6.91. The molecule has 4 nitrogen and oxygen atoms in total. The summed E-state index contributed by atoms with van der Waals surface area (Å²) >= 11 is 5.85. The minimum Gasteiger partial charge on any atom is -0.395 e. The summed E-state index contributed by atoms with van der Waals surface area (Å²) in [5, 5.41) is 9.99. The Balaban J connectivity index is 2.77. The highest BCUT2D eigenvalue weighted by molar-refractivity contribution is 7.92. The van der Waals surface area contributed by atoms with E-state index in [9.17, 15) is 8.42 Å². The number of aliphatic hydroxyl groups is 1. The number of sulfonamides is 1. The third-order valence-electron chi connectivity index (χ3n) is 1.75. The smallest absolute Gasteiger partial charge is 0.233 e. The van der Waals surface area contributed by atoms with E-state index in [-0.39, 0.29) is 13.2 Å². The lowest BCUT2D eigenvalue weighted by atomic mass is 10.2. The van der Waals surface area contributed by atoms with Gasteiger partial charge in [0.05, 0.1) is 6.61 Å². The molecule has 0 amide bonds. The van der Waals surface area contributed by atoms with Gasteiger partial charge in [-0.05, 0) is 17.7 Å². The molecule has 0 saturated heterocycles. The van der Waals surface area contributed by atoms with Crippen LogP contribution in [0.15, 0.2) is 29.7 Å². The fraction of sp³-hybridized carbons (Fsp3) is 0.200. The van der Waals surface area contributed by atoms with Gasteiger partial charge in [-0.3, -0.25) is 0 Å². The fourth-order valence-electron chi connectivity index (χ4n) is 1.01. The summed E-state index contributed by atoms with van der Waals surface area (Å²) in [5.41, 5.74) is 0.624. The summed E-state index contributed by atoms with van der Waals surface area (Å²) in [7, 11) is -3.51. The van der Waals surface area contributed by atoms with Gasteiger partial charge in [0.25, 0.3) is 0 Å². The average Bonchev–Trinajstić information content (AvgIpc) is 2.26. The van der Waals surface area contributed by atoms with Crippen molar-refractivity contribution in [2.45, 2.75) is 0 Å². The molecule has 0 saturated carbocycles. The molecule has 0 spiro atoms. The molecule has 0 bridgehead atoms. The first-order valence-corrected chi connectivity index (χ1v) is 6.51. The third kappa shape index (κ3) is 4.32. The number of nitrogens with one attached hydrogen (secondary N) is 1. The number of benzene rings is 1. The second-order valence-electron chi connectivity index (χ2n) is 2.99. The average molecular weight is 262 g/mol. The van der Waals surface area contributed by atoms with Crippen LogP contribution in [0.25, 0.3) is 6.08 Å². The molecule has 0 heterocycles. The maximum atomic E-state index is 11.3. The number of halogens is 1. The van der Waals surface area contributed by atoms with Gasteiger partial charge in [0.2, 0.25) is 10.0 Å². The van der Waals surface area contributed by atoms with E-state index in [1.54, 1.807) is 24.3 Å². The van der Waals surface area contributed by atoms with Crippen LogP contribution in [-0.2, 0) is 10.0 Å². The van der Waals surface area contributed by atoms with E-state index in [2.05, 4.69) is 4.72 Å². The number of aliphatic hydroxyl groups excluding tert-OH is 1. The maximum absolute atomic E-state index is 11.3. The molecule has 0 aliphatic carbocycles. The molecule has 0 aromatic heterocycles. The summed E-state index contributed by atoms with van der Waals surface area (Å²) < 4.78 is 24.8. The Morgan fingerprint density at radius 2 is 2.06 bits per heavy atom. The van der Waals surface area contributed by atoms with E-state index in [0.29, 0.717) is 10.6 Å². The molecule has 0 aliphatic rings. The first-order chi connectivity index (χ1) is 7.55. The van der Waals surface area contributed by atoms with Crippen LogP contribution in [0.2, 0.25) is 5.02 Å². The van der Waals surface area contributed by atoms with E-state index < -0.39 is 10.0 Å². The largest absolute Gasteiger partial charge is 0.395 e. The Kier molecular flexibility index (Phi) is 4.95. The number of hydrogen-bond acceptors (Lipinski definition) is 3. The van der Waals surface area contributed by atoms with Crippen molar-refractivity contribution >= 4 is 27.7 Å². The first kappa shape index (κ1) is 13.2. The van der Waals surface area contributed by atoms with Gasteiger partial charge in [-0.25, -0.2) is 13.1 Å². The molecular formula is C10H12ClNO3S. The van der Waals surface area contributed by atoms with Gasteiger partial charge in [0.1, 0.15) is 0 Å². The van der Waals surface area contributed by atoms with E-state index in [4.69, 9.17) is 16.7 Å². The molecule has 0 fully saturated rings. The van der Waals surface area contributed by atoms with E-state index >= 15 is 0 Å². The summed E-state index contributed by atoms with van der Waals surface area (Å²) in [6.07, 6.45) is 1.40. The zero-order valence-electron chi connectivity index (χ0n) is 8.43. The Morgan fingerprint density at radius 1 is 1.38 bits per heavy atom. The molecule has 0 radical (unpaired) electrons. The van der Waals surface area contributed by atoms with Gasteiger partial charge in [-0.15, -0.1) is 0 Å². The normalized spacial score (nSPS) is 12.1. The molecule has 88 valence electrons. The highest BCUT2D eigenvalue weighted by Crippen LogP contribution is 2.16. The van der Waals surface area contributed by atoms with Crippen LogP contribution in [0.3, 0.4) is 0 Å². The van der Waals surface area contributed by atoms with Crippen LogP contribution in [0.1, 0.15) is 5.56 Å². The van der Waals surface area contributed by atoms with Crippen molar-refractivity contribution in [3.8, 4) is 0 Å². The summed E-state index contributed by atoms with van der Waals surface area (Å²) in [4.78, 5) is 0. The minimum atomic E-state index is -3.51. The molecule has 0 aliphatic heterocycles. The lowest BCUT2D eigenvalue weighted by molar-refractivity contribution is 0.301. The van der Waals surface area contributed by atoms with Crippen molar-refractivity contribution in [3.63, 3.8) is 0 Å². The van der Waals surface area contributed by atoms with Crippen molar-refractivity contribution in [3.05, 3.63) is 40.3 Å². The van der Waals surface area contributed by atoms with Crippen molar-refractivity contribution in [2.75, 3.05) is 13.2 Å². The molecule has 16 heavy (non-hydrogen) atoms. The van der Waals surface area contributed by atoms with Crippen LogP contribution in [0.5, 0.6) is 0 Å². The highest BCUT2D eigenvalue weighted by atomic mass is 35.5. The predicted molar refractivity (Wildman–Crippen MR) is 64.5 cm³/mol. The Morgan fingerprint density at radius 3 is 2.69 bits per heavy atom. The van der Waals surface area contributed by atoms with Gasteiger partial charge < -0.3 is 5.11 Å². The first-order valence-electron chi connectivity index (χ1n) is 4.58. The highest BCUT2D eigenvalue weighted by Gasteiger charge is 2.03. The van der Waals surface area contributed by atoms with Gasteiger partial charge in [-0.1, -0.05) is 29.8 Å². The van der Waals surface area contributed by atoms with Crippen molar-refractivity contribution in [1.82, 2.24) is 4.72 Å². The van der Waals surface area contributed by atoms with Crippen LogP contribution in [0, 0.1) is 0 Å². The molecule has 2 N–H and O–H groups in total.